The molecule has 2 heterocycles. The average Bonchev–Trinajstić information content (AvgIpc) is 3.11. The van der Waals surface area contributed by atoms with Crippen LogP contribution in [0.5, 0.6) is 5.88 Å². The van der Waals surface area contributed by atoms with Gasteiger partial charge in [-0.3, -0.25) is 0 Å². The molecule has 0 saturated heterocycles. The quantitative estimate of drug-likeness (QED) is 0.344. The topological polar surface area (TPSA) is 49.8 Å². The van der Waals surface area contributed by atoms with Crippen molar-refractivity contribution in [2.24, 2.45) is 4.99 Å². The number of hydrogen-bond acceptors (Lipinski definition) is 4. The van der Waals surface area contributed by atoms with E-state index in [-0.39, 0.29) is 30.1 Å². The van der Waals surface area contributed by atoms with E-state index in [9.17, 15) is 0 Å². The van der Waals surface area contributed by atoms with Crippen LogP contribution in [0.3, 0.4) is 0 Å². The molecule has 0 aliphatic carbocycles. The first-order chi connectivity index (χ1) is 12.1. The minimum absolute atomic E-state index is 0. The second-order valence-corrected chi connectivity index (χ2v) is 7.12. The highest BCUT2D eigenvalue weighted by molar-refractivity contribution is 14.0. The normalized spacial score (nSPS) is 11.2. The van der Waals surface area contributed by atoms with Crippen LogP contribution in [0.25, 0.3) is 0 Å². The largest absolute Gasteiger partial charge is 0.475 e. The number of halogens is 1. The van der Waals surface area contributed by atoms with Crippen LogP contribution in [0, 0.1) is 0 Å². The van der Waals surface area contributed by atoms with E-state index >= 15 is 0 Å². The highest BCUT2D eigenvalue weighted by atomic mass is 127. The molecule has 0 atom stereocenters. The van der Waals surface area contributed by atoms with E-state index in [1.165, 1.54) is 4.88 Å². The first-order valence-corrected chi connectivity index (χ1v) is 9.60. The highest BCUT2D eigenvalue weighted by Crippen LogP contribution is 2.11. The smallest absolute Gasteiger partial charge is 0.213 e. The summed E-state index contributed by atoms with van der Waals surface area (Å²) in [5.74, 6) is 1.57. The number of aromatic nitrogens is 1. The molecule has 0 bridgehead atoms. The summed E-state index contributed by atoms with van der Waals surface area (Å²) < 4.78 is 5.57. The Labute approximate surface area is 177 Å². The number of likely N-dealkylation sites (N-methyl/N-ethyl adjacent to an activating group) is 1. The van der Waals surface area contributed by atoms with Gasteiger partial charge < -0.3 is 15.0 Å². The van der Waals surface area contributed by atoms with Crippen molar-refractivity contribution in [2.75, 3.05) is 20.1 Å². The fourth-order valence-electron chi connectivity index (χ4n) is 2.29. The summed E-state index contributed by atoms with van der Waals surface area (Å²) in [7, 11) is 2.08. The van der Waals surface area contributed by atoms with E-state index in [2.05, 4.69) is 46.7 Å². The molecule has 1 N–H and O–H groups in total. The van der Waals surface area contributed by atoms with Gasteiger partial charge in [-0.05, 0) is 44.2 Å². The fraction of sp³-hybridized carbons (Fsp3) is 0.474. The summed E-state index contributed by atoms with van der Waals surface area (Å²) in [6, 6.07) is 8.19. The predicted octanol–water partition coefficient (Wildman–Crippen LogP) is 4.19. The Morgan fingerprint density at radius 2 is 2.15 bits per heavy atom. The van der Waals surface area contributed by atoms with Crippen LogP contribution >= 0.6 is 35.3 Å². The molecule has 0 radical (unpaired) electrons. The standard InChI is InChI=1S/C19H28N4OS.HI/c1-5-20-19(23(4)11-10-17-7-6-12-25-17)22-14-16-8-9-18(21-13-16)24-15(2)3;/h6-9,12-13,15H,5,10-11,14H2,1-4H3,(H,20,22);1H. The molecule has 5 nitrogen and oxygen atoms in total. The number of aliphatic imine (C=N–C) groups is 1. The molecule has 2 aromatic heterocycles. The van der Waals surface area contributed by atoms with Crippen molar-refractivity contribution in [3.63, 3.8) is 0 Å². The number of pyridine rings is 1. The molecular weight excluding hydrogens is 459 g/mol. The van der Waals surface area contributed by atoms with E-state index in [4.69, 9.17) is 9.73 Å². The zero-order valence-corrected chi connectivity index (χ0v) is 19.1. The summed E-state index contributed by atoms with van der Waals surface area (Å²) in [5, 5.41) is 5.47. The number of rotatable bonds is 8. The van der Waals surface area contributed by atoms with Gasteiger partial charge in [0.25, 0.3) is 0 Å². The molecule has 2 rings (SSSR count). The van der Waals surface area contributed by atoms with Gasteiger partial charge in [-0.2, -0.15) is 0 Å². The maximum Gasteiger partial charge on any atom is 0.213 e. The molecule has 144 valence electrons. The number of nitrogens with one attached hydrogen (secondary N) is 1. The molecule has 0 amide bonds. The Kier molecular flexibility index (Phi) is 10.6. The van der Waals surface area contributed by atoms with Crippen LogP contribution in [0.15, 0.2) is 40.8 Å². The Morgan fingerprint density at radius 1 is 1.35 bits per heavy atom. The Morgan fingerprint density at radius 3 is 2.73 bits per heavy atom. The number of guanidine groups is 1. The average molecular weight is 488 g/mol. The second-order valence-electron chi connectivity index (χ2n) is 6.09. The summed E-state index contributed by atoms with van der Waals surface area (Å²) in [4.78, 5) is 12.6. The van der Waals surface area contributed by atoms with Crippen molar-refractivity contribution in [3.8, 4) is 5.88 Å². The van der Waals surface area contributed by atoms with Gasteiger partial charge in [0.15, 0.2) is 5.96 Å². The first kappa shape index (κ1) is 22.7. The van der Waals surface area contributed by atoms with Gasteiger partial charge in [0.2, 0.25) is 5.88 Å². The lowest BCUT2D eigenvalue weighted by atomic mass is 10.3. The van der Waals surface area contributed by atoms with Gasteiger partial charge in [-0.25, -0.2) is 9.98 Å². The number of ether oxygens (including phenoxy) is 1. The van der Waals surface area contributed by atoms with Crippen molar-refractivity contribution in [1.82, 2.24) is 15.2 Å². The third kappa shape index (κ3) is 7.90. The summed E-state index contributed by atoms with van der Waals surface area (Å²) in [6.45, 7) is 8.46. The molecule has 0 fully saturated rings. The van der Waals surface area contributed by atoms with Gasteiger partial charge in [0.05, 0.1) is 12.6 Å². The van der Waals surface area contributed by atoms with Crippen LogP contribution in [-0.4, -0.2) is 42.1 Å². The molecule has 7 heteroatoms. The van der Waals surface area contributed by atoms with Crippen molar-refractivity contribution in [1.29, 1.82) is 0 Å². The molecule has 2 aromatic rings. The van der Waals surface area contributed by atoms with Crippen LogP contribution in [0.1, 0.15) is 31.2 Å². The lowest BCUT2D eigenvalue weighted by molar-refractivity contribution is 0.232. The van der Waals surface area contributed by atoms with Crippen LogP contribution in [-0.2, 0) is 13.0 Å². The van der Waals surface area contributed by atoms with Gasteiger partial charge in [-0.15, -0.1) is 35.3 Å². The molecule has 26 heavy (non-hydrogen) atoms. The minimum Gasteiger partial charge on any atom is -0.475 e. The van der Waals surface area contributed by atoms with Gasteiger partial charge >= 0.3 is 0 Å². The Bertz CT molecular complexity index is 644. The van der Waals surface area contributed by atoms with Gasteiger partial charge in [0, 0.05) is 37.3 Å². The first-order valence-electron chi connectivity index (χ1n) is 8.72. The van der Waals surface area contributed by atoms with Crippen molar-refractivity contribution in [3.05, 3.63) is 46.3 Å². The van der Waals surface area contributed by atoms with E-state index in [0.29, 0.717) is 12.4 Å². The number of thiophene rings is 1. The lowest BCUT2D eigenvalue weighted by Gasteiger charge is -2.21. The van der Waals surface area contributed by atoms with Gasteiger partial charge in [-0.1, -0.05) is 12.1 Å². The minimum atomic E-state index is 0. The number of nitrogens with zero attached hydrogens (tertiary/aromatic N) is 3. The van der Waals surface area contributed by atoms with E-state index in [1.807, 2.05) is 32.2 Å². The van der Waals surface area contributed by atoms with Crippen molar-refractivity contribution < 1.29 is 4.74 Å². The molecule has 0 aromatic carbocycles. The summed E-state index contributed by atoms with van der Waals surface area (Å²) in [6.07, 6.45) is 2.99. The highest BCUT2D eigenvalue weighted by Gasteiger charge is 2.06. The second kappa shape index (κ2) is 12.1. The van der Waals surface area contributed by atoms with Crippen LogP contribution < -0.4 is 10.1 Å². The maximum absolute atomic E-state index is 5.57. The summed E-state index contributed by atoms with van der Waals surface area (Å²) in [5.41, 5.74) is 1.07. The lowest BCUT2D eigenvalue weighted by Crippen LogP contribution is -2.39. The van der Waals surface area contributed by atoms with E-state index in [1.54, 1.807) is 11.3 Å². The van der Waals surface area contributed by atoms with Crippen LogP contribution in [0.4, 0.5) is 0 Å². The zero-order valence-electron chi connectivity index (χ0n) is 15.9. The molecular formula is C19H29IN4OS. The molecule has 0 saturated carbocycles. The third-order valence-electron chi connectivity index (χ3n) is 3.54. The maximum atomic E-state index is 5.57. The summed E-state index contributed by atoms with van der Waals surface area (Å²) >= 11 is 1.80. The molecule has 0 aliphatic rings. The monoisotopic (exact) mass is 488 g/mol. The van der Waals surface area contributed by atoms with Gasteiger partial charge in [0.1, 0.15) is 0 Å². The Hall–Kier alpha value is -1.35. The predicted molar refractivity (Wildman–Crippen MR) is 121 cm³/mol. The van der Waals surface area contributed by atoms with E-state index in [0.717, 1.165) is 31.0 Å². The van der Waals surface area contributed by atoms with E-state index < -0.39 is 0 Å². The van der Waals surface area contributed by atoms with Crippen molar-refractivity contribution >= 4 is 41.3 Å². The Balaban J connectivity index is 0.00000338. The zero-order chi connectivity index (χ0) is 18.1. The van der Waals surface area contributed by atoms with Crippen LogP contribution in [0.2, 0.25) is 0 Å². The third-order valence-corrected chi connectivity index (χ3v) is 4.47. The fourth-order valence-corrected chi connectivity index (χ4v) is 2.99. The SMILES string of the molecule is CCNC(=NCc1ccc(OC(C)C)nc1)N(C)CCc1cccs1.I. The molecule has 0 spiro atoms. The molecule has 0 unspecified atom stereocenters. The molecule has 0 aliphatic heterocycles. The van der Waals surface area contributed by atoms with Crippen molar-refractivity contribution in [2.45, 2.75) is 39.8 Å². The number of hydrogen-bond donors (Lipinski definition) is 1.